The van der Waals surface area contributed by atoms with Gasteiger partial charge in [-0.2, -0.15) is 0 Å². The molecule has 1 N–H and O–H groups in total. The topological polar surface area (TPSA) is 55.4 Å². The molecule has 0 aliphatic heterocycles. The van der Waals surface area contributed by atoms with Crippen LogP contribution in [0.5, 0.6) is 0 Å². The van der Waals surface area contributed by atoms with Gasteiger partial charge in [0.2, 0.25) is 0 Å². The Balaban J connectivity index is 1.93. The van der Waals surface area contributed by atoms with Gasteiger partial charge in [0.15, 0.2) is 6.61 Å². The van der Waals surface area contributed by atoms with Gasteiger partial charge < -0.3 is 10.1 Å². The number of rotatable bonds is 7. The summed E-state index contributed by atoms with van der Waals surface area (Å²) in [5, 5.41) is 3.44. The summed E-state index contributed by atoms with van der Waals surface area (Å²) in [7, 11) is 0. The lowest BCUT2D eigenvalue weighted by atomic mass is 9.88. The van der Waals surface area contributed by atoms with E-state index >= 15 is 0 Å². The van der Waals surface area contributed by atoms with Gasteiger partial charge in [0.05, 0.1) is 12.0 Å². The van der Waals surface area contributed by atoms with Crippen molar-refractivity contribution in [2.45, 2.75) is 32.7 Å². The largest absolute Gasteiger partial charge is 0.455 e. The molecule has 1 amide bonds. The van der Waals surface area contributed by atoms with Gasteiger partial charge in [-0.15, -0.1) is 0 Å². The van der Waals surface area contributed by atoms with Gasteiger partial charge in [0, 0.05) is 5.02 Å². The first-order valence-electron chi connectivity index (χ1n) is 8.65. The molecule has 0 unspecified atom stereocenters. The predicted molar refractivity (Wildman–Crippen MR) is 103 cm³/mol. The van der Waals surface area contributed by atoms with Crippen LogP contribution in [-0.4, -0.2) is 18.5 Å². The Labute approximate surface area is 159 Å². The molecule has 0 saturated heterocycles. The van der Waals surface area contributed by atoms with Crippen molar-refractivity contribution < 1.29 is 14.3 Å². The first-order valence-corrected chi connectivity index (χ1v) is 9.02. The normalized spacial score (nSPS) is 13.1. The Bertz CT molecular complexity index is 729. The molecule has 0 heterocycles. The molecule has 2 aromatic carbocycles. The molecule has 0 fully saturated rings. The van der Waals surface area contributed by atoms with Crippen molar-refractivity contribution in [1.82, 2.24) is 5.32 Å². The second-order valence-corrected chi connectivity index (χ2v) is 7.02. The summed E-state index contributed by atoms with van der Waals surface area (Å²) in [6.07, 6.45) is 0. The molecular weight excluding hydrogens is 350 g/mol. The maximum Gasteiger partial charge on any atom is 0.314 e. The van der Waals surface area contributed by atoms with Gasteiger partial charge in [-0.25, -0.2) is 0 Å². The number of amides is 1. The number of carbonyl (C=O) groups excluding carboxylic acids is 2. The highest BCUT2D eigenvalue weighted by Gasteiger charge is 2.26. The third-order valence-corrected chi connectivity index (χ3v) is 4.42. The Morgan fingerprint density at radius 2 is 1.58 bits per heavy atom. The van der Waals surface area contributed by atoms with Crippen LogP contribution in [0, 0.1) is 5.92 Å². The van der Waals surface area contributed by atoms with E-state index in [1.54, 1.807) is 12.1 Å². The molecule has 0 aromatic heterocycles. The fourth-order valence-electron chi connectivity index (χ4n) is 2.80. The maximum absolute atomic E-state index is 12.5. The molecule has 2 rings (SSSR count). The number of hydrogen-bond donors (Lipinski definition) is 1. The fraction of sp³-hybridized carbons (Fsp3) is 0.333. The summed E-state index contributed by atoms with van der Waals surface area (Å²) < 4.78 is 5.26. The van der Waals surface area contributed by atoms with Crippen LogP contribution in [0.4, 0.5) is 0 Å². The standard InChI is InChI=1S/C21H24ClNO3/c1-14(2)20(17-9-11-18(22)12-10-17)21(25)26-13-19(24)23-15(3)16-7-5-4-6-8-16/h4-12,14-15,20H,13H2,1-3H3,(H,23,24)/t15-,20-/m1/s1. The van der Waals surface area contributed by atoms with E-state index in [1.807, 2.05) is 63.2 Å². The Morgan fingerprint density at radius 3 is 2.15 bits per heavy atom. The molecule has 26 heavy (non-hydrogen) atoms. The van der Waals surface area contributed by atoms with Gasteiger partial charge in [0.25, 0.3) is 5.91 Å². The SMILES string of the molecule is CC(C)[C@@H](C(=O)OCC(=O)N[C@H](C)c1ccccc1)c1ccc(Cl)cc1. The average molecular weight is 374 g/mol. The first-order chi connectivity index (χ1) is 12.4. The van der Waals surface area contributed by atoms with Crippen molar-refractivity contribution in [3.8, 4) is 0 Å². The lowest BCUT2D eigenvalue weighted by molar-refractivity contribution is -0.151. The molecule has 2 aromatic rings. The van der Waals surface area contributed by atoms with Gasteiger partial charge in [0.1, 0.15) is 0 Å². The Kier molecular flexibility index (Phi) is 7.22. The Morgan fingerprint density at radius 1 is 0.962 bits per heavy atom. The molecule has 5 heteroatoms. The quantitative estimate of drug-likeness (QED) is 0.727. The van der Waals surface area contributed by atoms with Crippen LogP contribution in [0.1, 0.15) is 43.9 Å². The van der Waals surface area contributed by atoms with Crippen LogP contribution in [0.3, 0.4) is 0 Å². The van der Waals surface area contributed by atoms with Gasteiger partial charge in [-0.1, -0.05) is 67.9 Å². The molecule has 0 bridgehead atoms. The van der Waals surface area contributed by atoms with E-state index in [9.17, 15) is 9.59 Å². The van der Waals surface area contributed by atoms with Crippen LogP contribution < -0.4 is 5.32 Å². The second-order valence-electron chi connectivity index (χ2n) is 6.58. The summed E-state index contributed by atoms with van der Waals surface area (Å²) in [5.74, 6) is -1.14. The predicted octanol–water partition coefficient (Wildman–Crippen LogP) is 4.50. The van der Waals surface area contributed by atoms with E-state index in [-0.39, 0.29) is 24.5 Å². The van der Waals surface area contributed by atoms with Crippen LogP contribution in [-0.2, 0) is 14.3 Å². The fourth-order valence-corrected chi connectivity index (χ4v) is 2.92. The van der Waals surface area contributed by atoms with E-state index in [0.29, 0.717) is 5.02 Å². The molecule has 0 aliphatic carbocycles. The average Bonchev–Trinajstić information content (AvgIpc) is 2.62. The summed E-state index contributed by atoms with van der Waals surface area (Å²) in [6.45, 7) is 5.47. The highest BCUT2D eigenvalue weighted by atomic mass is 35.5. The van der Waals surface area contributed by atoms with Crippen molar-refractivity contribution in [1.29, 1.82) is 0 Å². The van der Waals surface area contributed by atoms with E-state index in [2.05, 4.69) is 5.32 Å². The number of halogens is 1. The van der Waals surface area contributed by atoms with Gasteiger partial charge in [-0.3, -0.25) is 9.59 Å². The molecular formula is C21H24ClNO3. The molecule has 0 spiro atoms. The van der Waals surface area contributed by atoms with Crippen LogP contribution in [0.2, 0.25) is 5.02 Å². The van der Waals surface area contributed by atoms with Crippen LogP contribution in [0.25, 0.3) is 0 Å². The summed E-state index contributed by atoms with van der Waals surface area (Å²) >= 11 is 5.91. The number of esters is 1. The maximum atomic E-state index is 12.5. The minimum Gasteiger partial charge on any atom is -0.455 e. The van der Waals surface area contributed by atoms with E-state index in [1.165, 1.54) is 0 Å². The highest BCUT2D eigenvalue weighted by Crippen LogP contribution is 2.27. The van der Waals surface area contributed by atoms with Crippen molar-refractivity contribution >= 4 is 23.5 Å². The zero-order valence-electron chi connectivity index (χ0n) is 15.2. The van der Waals surface area contributed by atoms with E-state index < -0.39 is 11.9 Å². The summed E-state index contributed by atoms with van der Waals surface area (Å²) in [6, 6.07) is 16.6. The smallest absolute Gasteiger partial charge is 0.314 e. The van der Waals surface area contributed by atoms with E-state index in [4.69, 9.17) is 16.3 Å². The lowest BCUT2D eigenvalue weighted by Crippen LogP contribution is -2.32. The van der Waals surface area contributed by atoms with Crippen molar-refractivity contribution in [2.75, 3.05) is 6.61 Å². The minimum absolute atomic E-state index is 0.0370. The van der Waals surface area contributed by atoms with Crippen molar-refractivity contribution in [2.24, 2.45) is 5.92 Å². The Hall–Kier alpha value is -2.33. The van der Waals surface area contributed by atoms with Crippen LogP contribution >= 0.6 is 11.6 Å². The van der Waals surface area contributed by atoms with Gasteiger partial charge in [-0.05, 0) is 36.1 Å². The minimum atomic E-state index is -0.438. The summed E-state index contributed by atoms with van der Waals surface area (Å²) in [5.41, 5.74) is 1.82. The van der Waals surface area contributed by atoms with Crippen LogP contribution in [0.15, 0.2) is 54.6 Å². The molecule has 0 saturated carbocycles. The number of nitrogens with one attached hydrogen (secondary N) is 1. The lowest BCUT2D eigenvalue weighted by Gasteiger charge is -2.20. The van der Waals surface area contributed by atoms with Gasteiger partial charge >= 0.3 is 5.97 Å². The number of ether oxygens (including phenoxy) is 1. The van der Waals surface area contributed by atoms with Crippen molar-refractivity contribution in [3.63, 3.8) is 0 Å². The number of hydrogen-bond acceptors (Lipinski definition) is 3. The third kappa shape index (κ3) is 5.60. The first kappa shape index (κ1) is 20.0. The van der Waals surface area contributed by atoms with E-state index in [0.717, 1.165) is 11.1 Å². The summed E-state index contributed by atoms with van der Waals surface area (Å²) in [4.78, 5) is 24.6. The number of carbonyl (C=O) groups is 2. The van der Waals surface area contributed by atoms with Crippen molar-refractivity contribution in [3.05, 3.63) is 70.7 Å². The number of benzene rings is 2. The molecule has 0 aliphatic rings. The monoisotopic (exact) mass is 373 g/mol. The molecule has 138 valence electrons. The molecule has 2 atom stereocenters. The second kappa shape index (κ2) is 9.39. The molecule has 0 radical (unpaired) electrons. The zero-order valence-corrected chi connectivity index (χ0v) is 16.0. The zero-order chi connectivity index (χ0) is 19.1. The third-order valence-electron chi connectivity index (χ3n) is 4.17. The highest BCUT2D eigenvalue weighted by molar-refractivity contribution is 6.30. The molecule has 4 nitrogen and oxygen atoms in total.